The van der Waals surface area contributed by atoms with Gasteiger partial charge in [-0.25, -0.2) is 13.1 Å². The smallest absolute Gasteiger partial charge is 0.235 e. The molecule has 1 aromatic heterocycles. The van der Waals surface area contributed by atoms with Crippen LogP contribution in [0, 0.1) is 0 Å². The van der Waals surface area contributed by atoms with Gasteiger partial charge in [-0.2, -0.15) is 4.31 Å². The van der Waals surface area contributed by atoms with Crippen molar-refractivity contribution in [3.8, 4) is 0 Å². The Labute approximate surface area is 136 Å². The second-order valence-electron chi connectivity index (χ2n) is 4.32. The first-order chi connectivity index (χ1) is 9.96. The molecule has 2 aromatic rings. The summed E-state index contributed by atoms with van der Waals surface area (Å²) in [5, 5.41) is 7.45. The van der Waals surface area contributed by atoms with Gasteiger partial charge in [0, 0.05) is 26.0 Å². The molecule has 0 saturated carbocycles. The Morgan fingerprint density at radius 3 is 2.52 bits per heavy atom. The highest BCUT2D eigenvalue weighted by atomic mass is 79.9. The highest BCUT2D eigenvalue weighted by Gasteiger charge is 2.30. The van der Waals surface area contributed by atoms with E-state index in [-0.39, 0.29) is 28.6 Å². The Balaban J connectivity index is 2.37. The summed E-state index contributed by atoms with van der Waals surface area (Å²) in [4.78, 5) is 0. The molecule has 0 radical (unpaired) electrons. The Hall–Kier alpha value is -0.960. The van der Waals surface area contributed by atoms with Crippen molar-refractivity contribution in [1.29, 1.82) is 0 Å². The second kappa shape index (κ2) is 6.87. The van der Waals surface area contributed by atoms with Crippen LogP contribution in [0.15, 0.2) is 40.0 Å². The molecule has 1 heterocycles. The molecule has 0 aliphatic rings. The van der Waals surface area contributed by atoms with Gasteiger partial charge in [0.2, 0.25) is 5.03 Å². The van der Waals surface area contributed by atoms with Gasteiger partial charge in [0.25, 0.3) is 10.0 Å². The van der Waals surface area contributed by atoms with Gasteiger partial charge in [-0.15, -0.1) is 16.7 Å². The third-order valence-corrected chi connectivity index (χ3v) is 5.76. The third kappa shape index (κ3) is 3.63. The van der Waals surface area contributed by atoms with E-state index < -0.39 is 10.0 Å². The number of aromatic nitrogens is 3. The second-order valence-corrected chi connectivity index (χ2v) is 7.30. The van der Waals surface area contributed by atoms with Gasteiger partial charge >= 0.3 is 0 Å². The lowest BCUT2D eigenvalue weighted by Crippen LogP contribution is -2.33. The van der Waals surface area contributed by atoms with Crippen LogP contribution in [0.3, 0.4) is 0 Å². The standard InChI is InChI=1S/C12H14BrClN4O2S/c1-17-12(11(13)15-16-17)21(19,20)18(8-7-14)9-10-5-3-2-4-6-10/h2-6H,7-9H2,1H3. The highest BCUT2D eigenvalue weighted by molar-refractivity contribution is 9.10. The van der Waals surface area contributed by atoms with Crippen molar-refractivity contribution in [3.05, 3.63) is 40.5 Å². The molecule has 1 aromatic carbocycles. The van der Waals surface area contributed by atoms with E-state index >= 15 is 0 Å². The van der Waals surface area contributed by atoms with Crippen LogP contribution in [-0.2, 0) is 23.6 Å². The molecular formula is C12H14BrClN4O2S. The molecule has 114 valence electrons. The van der Waals surface area contributed by atoms with Crippen LogP contribution in [0.1, 0.15) is 5.56 Å². The number of hydrogen-bond acceptors (Lipinski definition) is 4. The van der Waals surface area contributed by atoms with Crippen LogP contribution in [0.2, 0.25) is 0 Å². The molecule has 0 amide bonds. The first kappa shape index (κ1) is 16.4. The van der Waals surface area contributed by atoms with Crippen molar-refractivity contribution in [2.45, 2.75) is 11.6 Å². The van der Waals surface area contributed by atoms with E-state index in [0.717, 1.165) is 5.56 Å². The number of halogens is 2. The molecular weight excluding hydrogens is 380 g/mol. The minimum Gasteiger partial charge on any atom is -0.235 e. The summed E-state index contributed by atoms with van der Waals surface area (Å²) in [5.41, 5.74) is 0.887. The highest BCUT2D eigenvalue weighted by Crippen LogP contribution is 2.23. The molecule has 0 atom stereocenters. The van der Waals surface area contributed by atoms with E-state index in [0.29, 0.717) is 0 Å². The van der Waals surface area contributed by atoms with Gasteiger partial charge in [-0.1, -0.05) is 35.5 Å². The van der Waals surface area contributed by atoms with Crippen LogP contribution >= 0.6 is 27.5 Å². The summed E-state index contributed by atoms with van der Waals surface area (Å²) in [7, 11) is -2.21. The van der Waals surface area contributed by atoms with E-state index in [2.05, 4.69) is 26.2 Å². The minimum atomic E-state index is -3.74. The summed E-state index contributed by atoms with van der Waals surface area (Å²) in [6, 6.07) is 9.34. The van der Waals surface area contributed by atoms with E-state index in [1.54, 1.807) is 0 Å². The van der Waals surface area contributed by atoms with E-state index in [4.69, 9.17) is 11.6 Å². The SMILES string of the molecule is Cn1nnc(Br)c1S(=O)(=O)N(CCCl)Cc1ccccc1. The normalized spacial score (nSPS) is 12.0. The molecule has 0 fully saturated rings. The average Bonchev–Trinajstić information content (AvgIpc) is 2.79. The fraction of sp³-hybridized carbons (Fsp3) is 0.333. The Bertz CT molecular complexity index is 686. The Kier molecular flexibility index (Phi) is 5.37. The summed E-state index contributed by atoms with van der Waals surface area (Å²) in [5.74, 6) is 0.203. The van der Waals surface area contributed by atoms with E-state index in [9.17, 15) is 8.42 Å². The van der Waals surface area contributed by atoms with E-state index in [1.165, 1.54) is 16.0 Å². The van der Waals surface area contributed by atoms with Crippen molar-refractivity contribution >= 4 is 37.6 Å². The van der Waals surface area contributed by atoms with Crippen molar-refractivity contribution < 1.29 is 8.42 Å². The first-order valence-corrected chi connectivity index (χ1v) is 8.88. The van der Waals surface area contributed by atoms with Gasteiger partial charge in [-0.3, -0.25) is 0 Å². The molecule has 0 spiro atoms. The van der Waals surface area contributed by atoms with Crippen molar-refractivity contribution in [2.24, 2.45) is 7.05 Å². The lowest BCUT2D eigenvalue weighted by molar-refractivity contribution is 0.418. The maximum Gasteiger partial charge on any atom is 0.263 e. The molecule has 0 aliphatic carbocycles. The summed E-state index contributed by atoms with van der Waals surface area (Å²) >= 11 is 8.88. The van der Waals surface area contributed by atoms with Crippen LogP contribution in [-0.4, -0.2) is 40.1 Å². The lowest BCUT2D eigenvalue weighted by Gasteiger charge is -2.21. The maximum atomic E-state index is 12.8. The molecule has 21 heavy (non-hydrogen) atoms. The number of aryl methyl sites for hydroxylation is 1. The van der Waals surface area contributed by atoms with Gasteiger partial charge in [0.15, 0.2) is 4.60 Å². The fourth-order valence-electron chi connectivity index (χ4n) is 1.88. The quantitative estimate of drug-likeness (QED) is 0.704. The average molecular weight is 394 g/mol. The first-order valence-electron chi connectivity index (χ1n) is 6.12. The number of benzene rings is 1. The zero-order chi connectivity index (χ0) is 15.5. The zero-order valence-electron chi connectivity index (χ0n) is 11.3. The molecule has 0 saturated heterocycles. The molecule has 0 aliphatic heterocycles. The Morgan fingerprint density at radius 1 is 1.33 bits per heavy atom. The maximum absolute atomic E-state index is 12.8. The molecule has 0 bridgehead atoms. The predicted molar refractivity (Wildman–Crippen MR) is 83.5 cm³/mol. The molecule has 0 N–H and O–H groups in total. The van der Waals surface area contributed by atoms with Crippen molar-refractivity contribution in [1.82, 2.24) is 19.3 Å². The van der Waals surface area contributed by atoms with Crippen LogP contribution < -0.4 is 0 Å². The number of hydrogen-bond donors (Lipinski definition) is 0. The summed E-state index contributed by atoms with van der Waals surface area (Å²) < 4.78 is 28.3. The zero-order valence-corrected chi connectivity index (χ0v) is 14.4. The topological polar surface area (TPSA) is 68.1 Å². The molecule has 9 heteroatoms. The minimum absolute atomic E-state index is 0.0172. The number of alkyl halides is 1. The number of sulfonamides is 1. The Morgan fingerprint density at radius 2 is 2.00 bits per heavy atom. The van der Waals surface area contributed by atoms with Crippen LogP contribution in [0.25, 0.3) is 0 Å². The number of nitrogens with zero attached hydrogens (tertiary/aromatic N) is 4. The van der Waals surface area contributed by atoms with E-state index in [1.807, 2.05) is 30.3 Å². The van der Waals surface area contributed by atoms with Gasteiger partial charge in [0.05, 0.1) is 0 Å². The van der Waals surface area contributed by atoms with Crippen molar-refractivity contribution in [3.63, 3.8) is 0 Å². The van der Waals surface area contributed by atoms with Crippen LogP contribution in [0.5, 0.6) is 0 Å². The number of rotatable bonds is 6. The summed E-state index contributed by atoms with van der Waals surface area (Å²) in [6.45, 7) is 0.448. The lowest BCUT2D eigenvalue weighted by atomic mass is 10.2. The van der Waals surface area contributed by atoms with Gasteiger partial charge < -0.3 is 0 Å². The fourth-order valence-corrected chi connectivity index (χ4v) is 4.65. The van der Waals surface area contributed by atoms with Crippen LogP contribution in [0.4, 0.5) is 0 Å². The largest absolute Gasteiger partial charge is 0.263 e. The van der Waals surface area contributed by atoms with Gasteiger partial charge in [-0.05, 0) is 21.5 Å². The third-order valence-electron chi connectivity index (χ3n) is 2.86. The summed E-state index contributed by atoms with van der Waals surface area (Å²) in [6.07, 6.45) is 0. The van der Waals surface area contributed by atoms with Gasteiger partial charge in [0.1, 0.15) is 0 Å². The molecule has 0 unspecified atom stereocenters. The predicted octanol–water partition coefficient (Wildman–Crippen LogP) is 2.01. The molecule has 2 rings (SSSR count). The monoisotopic (exact) mass is 392 g/mol. The van der Waals surface area contributed by atoms with Crippen molar-refractivity contribution in [2.75, 3.05) is 12.4 Å². The molecule has 6 nitrogen and oxygen atoms in total.